The summed E-state index contributed by atoms with van der Waals surface area (Å²) in [5.41, 5.74) is 5.21. The maximum Gasteiger partial charge on any atom is 0.169 e. The van der Waals surface area contributed by atoms with Gasteiger partial charge in [0.25, 0.3) is 0 Å². The molecule has 8 rings (SSSR count). The summed E-state index contributed by atoms with van der Waals surface area (Å²) in [6.07, 6.45) is 12.1. The highest BCUT2D eigenvalue weighted by Crippen LogP contribution is 2.61. The van der Waals surface area contributed by atoms with E-state index in [1.165, 1.54) is 22.3 Å². The molecule has 0 amide bonds. The van der Waals surface area contributed by atoms with Crippen LogP contribution < -0.4 is 4.74 Å². The van der Waals surface area contributed by atoms with Crippen molar-refractivity contribution in [3.8, 4) is 17.2 Å². The average molecular weight is 539 g/mol. The molecule has 6 aliphatic carbocycles. The summed E-state index contributed by atoms with van der Waals surface area (Å²) in [6, 6.07) is 10.6. The molecule has 6 aliphatic rings. The van der Waals surface area contributed by atoms with E-state index in [9.17, 15) is 14.7 Å². The maximum absolute atomic E-state index is 12.7. The summed E-state index contributed by atoms with van der Waals surface area (Å²) in [5, 5.41) is 11.0. The Morgan fingerprint density at radius 1 is 0.700 bits per heavy atom. The molecule has 2 aromatic rings. The lowest BCUT2D eigenvalue weighted by Crippen LogP contribution is -2.42. The highest BCUT2D eigenvalue weighted by atomic mass is 16.5. The number of phenols is 1. The largest absolute Gasteiger partial charge is 0.504 e. The lowest BCUT2D eigenvalue weighted by atomic mass is 9.55. The quantitative estimate of drug-likeness (QED) is 0.420. The first-order valence-electron chi connectivity index (χ1n) is 16.0. The third kappa shape index (κ3) is 3.43. The number of aromatic hydroxyl groups is 1. The normalized spacial score (nSPS) is 39.5. The summed E-state index contributed by atoms with van der Waals surface area (Å²) in [6.45, 7) is 4.46. The van der Waals surface area contributed by atoms with Gasteiger partial charge >= 0.3 is 0 Å². The molecule has 0 spiro atoms. The number of ether oxygens (including phenoxy) is 1. The third-order valence-electron chi connectivity index (χ3n) is 13.1. The highest BCUT2D eigenvalue weighted by Gasteiger charge is 2.55. The zero-order valence-electron chi connectivity index (χ0n) is 24.0. The number of aryl methyl sites for hydroxylation is 2. The van der Waals surface area contributed by atoms with Crippen molar-refractivity contribution in [2.75, 3.05) is 0 Å². The number of hydrogen-bond acceptors (Lipinski definition) is 4. The second-order valence-corrected chi connectivity index (χ2v) is 14.6. The number of ketones is 2. The number of fused-ring (bicyclic) bond motifs is 10. The van der Waals surface area contributed by atoms with Gasteiger partial charge in [0.2, 0.25) is 0 Å². The Kier molecular flexibility index (Phi) is 5.46. The van der Waals surface area contributed by atoms with Gasteiger partial charge < -0.3 is 9.84 Å². The predicted octanol–water partition coefficient (Wildman–Crippen LogP) is 8.03. The number of hydrogen-bond donors (Lipinski definition) is 1. The van der Waals surface area contributed by atoms with Crippen molar-refractivity contribution in [3.63, 3.8) is 0 Å². The lowest BCUT2D eigenvalue weighted by molar-refractivity contribution is -0.130. The van der Waals surface area contributed by atoms with Gasteiger partial charge in [-0.05, 0) is 146 Å². The molecule has 0 aliphatic heterocycles. The van der Waals surface area contributed by atoms with Crippen LogP contribution in [-0.4, -0.2) is 16.7 Å². The summed E-state index contributed by atoms with van der Waals surface area (Å²) in [7, 11) is 0. The van der Waals surface area contributed by atoms with Crippen LogP contribution in [0.1, 0.15) is 112 Å². The molecule has 210 valence electrons. The monoisotopic (exact) mass is 538 g/mol. The number of rotatable bonds is 2. The molecule has 0 saturated heterocycles. The highest BCUT2D eigenvalue weighted by molar-refractivity contribution is 5.87. The van der Waals surface area contributed by atoms with Crippen molar-refractivity contribution in [2.24, 2.45) is 34.5 Å². The van der Waals surface area contributed by atoms with Gasteiger partial charge in [0.1, 0.15) is 17.3 Å². The van der Waals surface area contributed by atoms with Crippen LogP contribution in [0.3, 0.4) is 0 Å². The molecule has 0 bridgehead atoms. The van der Waals surface area contributed by atoms with Crippen LogP contribution in [0.2, 0.25) is 0 Å². The molecule has 40 heavy (non-hydrogen) atoms. The summed E-state index contributed by atoms with van der Waals surface area (Å²) in [4.78, 5) is 25.4. The molecule has 2 aromatic carbocycles. The van der Waals surface area contributed by atoms with Crippen molar-refractivity contribution in [2.45, 2.75) is 103 Å². The van der Waals surface area contributed by atoms with Gasteiger partial charge in [0.05, 0.1) is 0 Å². The Balaban J connectivity index is 1.05. The molecule has 0 heterocycles. The van der Waals surface area contributed by atoms with Crippen LogP contribution in [-0.2, 0) is 22.4 Å². The number of carbonyl (C=O) groups is 2. The fourth-order valence-electron chi connectivity index (χ4n) is 11.0. The fraction of sp³-hybridized carbons (Fsp3) is 0.611. The average Bonchev–Trinajstić information content (AvgIpc) is 3.43. The number of Topliss-reactive ketones (excluding diaryl/α,β-unsaturated/α-hetero) is 2. The van der Waals surface area contributed by atoms with Gasteiger partial charge in [-0.15, -0.1) is 0 Å². The Morgan fingerprint density at radius 3 is 1.90 bits per heavy atom. The fourth-order valence-corrected chi connectivity index (χ4v) is 11.0. The summed E-state index contributed by atoms with van der Waals surface area (Å²) < 4.78 is 6.43. The minimum Gasteiger partial charge on any atom is -0.504 e. The van der Waals surface area contributed by atoms with Crippen LogP contribution in [0, 0.1) is 34.5 Å². The Morgan fingerprint density at radius 2 is 1.27 bits per heavy atom. The van der Waals surface area contributed by atoms with Gasteiger partial charge in [0.15, 0.2) is 11.5 Å². The second kappa shape index (κ2) is 8.69. The molecule has 1 N–H and O–H groups in total. The maximum atomic E-state index is 12.7. The topological polar surface area (TPSA) is 63.6 Å². The van der Waals surface area contributed by atoms with E-state index in [0.717, 1.165) is 82.8 Å². The molecule has 0 radical (unpaired) electrons. The van der Waals surface area contributed by atoms with Gasteiger partial charge in [-0.1, -0.05) is 19.9 Å². The predicted molar refractivity (Wildman–Crippen MR) is 154 cm³/mol. The van der Waals surface area contributed by atoms with E-state index in [2.05, 4.69) is 38.1 Å². The molecular weight excluding hydrogens is 496 g/mol. The number of carbonyl (C=O) groups excluding carboxylic acids is 2. The molecule has 0 unspecified atom stereocenters. The molecule has 0 aromatic heterocycles. The molecule has 4 nitrogen and oxygen atoms in total. The van der Waals surface area contributed by atoms with Crippen LogP contribution in [0.5, 0.6) is 17.2 Å². The Hall–Kier alpha value is -2.62. The molecular formula is C36H42O4. The van der Waals surface area contributed by atoms with Gasteiger partial charge in [0, 0.05) is 23.7 Å². The smallest absolute Gasteiger partial charge is 0.169 e. The zero-order chi connectivity index (χ0) is 27.4. The van der Waals surface area contributed by atoms with Gasteiger partial charge in [-0.2, -0.15) is 0 Å². The van der Waals surface area contributed by atoms with Crippen molar-refractivity contribution in [3.05, 3.63) is 52.6 Å². The first-order valence-corrected chi connectivity index (χ1v) is 16.0. The van der Waals surface area contributed by atoms with Crippen LogP contribution in [0.25, 0.3) is 0 Å². The second-order valence-electron chi connectivity index (χ2n) is 14.6. The zero-order valence-corrected chi connectivity index (χ0v) is 24.0. The van der Waals surface area contributed by atoms with E-state index in [0.29, 0.717) is 52.8 Å². The van der Waals surface area contributed by atoms with Crippen molar-refractivity contribution >= 4 is 11.6 Å². The standard InChI is InChI=1S/C36H42O4/c1-35-15-13-24-23-8-5-22(17-20(23)3-6-26(24)29(35)9-11-33(35)38)40-32-19-28-21(18-31(32)37)4-7-27-25(28)14-16-36(2)30(27)10-12-34(36)39/h5,8,17-19,24-27,29-30,37H,3-4,6-7,9-16H2,1-2H3/t24-,25+,26-,27-,29+,30+,35+,36+/m1/s1. The minimum atomic E-state index is -0.124. The van der Waals surface area contributed by atoms with Crippen molar-refractivity contribution < 1.29 is 19.4 Å². The lowest BCUT2D eigenvalue weighted by Gasteiger charge is -2.48. The van der Waals surface area contributed by atoms with E-state index in [1.54, 1.807) is 0 Å². The van der Waals surface area contributed by atoms with Crippen molar-refractivity contribution in [1.29, 1.82) is 0 Å². The first-order chi connectivity index (χ1) is 19.3. The molecule has 4 saturated carbocycles. The molecule has 8 atom stereocenters. The molecule has 4 heteroatoms. The SMILES string of the molecule is C[C@]12CC[C@@H]3c4ccc(Oc5cc6c(cc5O)CC[C@@H]5[C@@H]6CC[C@]6(C)C(=O)CC[C@@H]56)cc4CC[C@H]3[C@@H]1CCC2=O. The van der Waals surface area contributed by atoms with E-state index in [1.807, 2.05) is 6.07 Å². The van der Waals surface area contributed by atoms with Crippen LogP contribution >= 0.6 is 0 Å². The number of phenolic OH excluding ortho intramolecular Hbond substituents is 1. The van der Waals surface area contributed by atoms with Crippen molar-refractivity contribution in [1.82, 2.24) is 0 Å². The minimum absolute atomic E-state index is 0.0883. The van der Waals surface area contributed by atoms with Crippen LogP contribution in [0.4, 0.5) is 0 Å². The first kappa shape index (κ1) is 25.1. The number of benzene rings is 2. The third-order valence-corrected chi connectivity index (χ3v) is 13.1. The molecule has 4 fully saturated rings. The van der Waals surface area contributed by atoms with E-state index < -0.39 is 0 Å². The van der Waals surface area contributed by atoms with Crippen LogP contribution in [0.15, 0.2) is 30.3 Å². The van der Waals surface area contributed by atoms with E-state index in [4.69, 9.17) is 4.74 Å². The van der Waals surface area contributed by atoms with Gasteiger partial charge in [-0.25, -0.2) is 0 Å². The summed E-state index contributed by atoms with van der Waals surface area (Å²) in [5.74, 6) is 5.78. The Labute approximate surface area is 237 Å². The van der Waals surface area contributed by atoms with E-state index >= 15 is 0 Å². The van der Waals surface area contributed by atoms with E-state index in [-0.39, 0.29) is 16.6 Å². The van der Waals surface area contributed by atoms with Gasteiger partial charge in [-0.3, -0.25) is 9.59 Å². The summed E-state index contributed by atoms with van der Waals surface area (Å²) >= 11 is 0. The Bertz CT molecular complexity index is 1420.